The zero-order valence-corrected chi connectivity index (χ0v) is 21.1. The van der Waals surface area contributed by atoms with Crippen LogP contribution in [0.25, 0.3) is 11.1 Å². The van der Waals surface area contributed by atoms with Gasteiger partial charge in [-0.25, -0.2) is 4.98 Å². The predicted molar refractivity (Wildman–Crippen MR) is 140 cm³/mol. The van der Waals surface area contributed by atoms with E-state index in [0.717, 1.165) is 46.8 Å². The number of pyridine rings is 1. The second-order valence-corrected chi connectivity index (χ2v) is 9.75. The molecule has 0 spiro atoms. The largest absolute Gasteiger partial charge is 0.493 e. The molecular weight excluding hydrogens is 470 g/mol. The van der Waals surface area contributed by atoms with Crippen LogP contribution in [0.1, 0.15) is 21.5 Å². The number of ether oxygens (including phenoxy) is 2. The lowest BCUT2D eigenvalue weighted by Crippen LogP contribution is -2.35. The average Bonchev–Trinajstić information content (AvgIpc) is 2.86. The van der Waals surface area contributed by atoms with E-state index >= 15 is 0 Å². The highest BCUT2D eigenvalue weighted by molar-refractivity contribution is 7.99. The molecule has 8 heteroatoms. The van der Waals surface area contributed by atoms with Crippen LogP contribution in [0, 0.1) is 6.92 Å². The first-order valence-electron chi connectivity index (χ1n) is 11.1. The van der Waals surface area contributed by atoms with E-state index in [4.69, 9.17) is 26.1 Å². The summed E-state index contributed by atoms with van der Waals surface area (Å²) in [5.74, 6) is 3.86. The maximum Gasteiger partial charge on any atom is 0.255 e. The summed E-state index contributed by atoms with van der Waals surface area (Å²) in [5.41, 5.74) is 4.32. The Bertz CT molecular complexity index is 1160. The number of benzene rings is 2. The summed E-state index contributed by atoms with van der Waals surface area (Å²) in [7, 11) is 3.19. The Morgan fingerprint density at radius 2 is 1.82 bits per heavy atom. The fraction of sp³-hybridized carbons (Fsp3) is 0.308. The molecule has 178 valence electrons. The number of nitrogens with one attached hydrogen (secondary N) is 1. The molecule has 1 aliphatic heterocycles. The standard InChI is InChI=1S/C26H28ClN3O3S/c1-17-10-19(13-21(27)11-17)20-14-22(25(28-16-20)30-6-8-34-9-7-30)26(31)29-15-18-4-5-23(32-2)24(12-18)33-3/h4-5,10-14,16H,6-9,15H2,1-3H3,(H,29,31). The first-order chi connectivity index (χ1) is 16.5. The number of hydrogen-bond donors (Lipinski definition) is 1. The molecule has 0 radical (unpaired) electrons. The molecule has 1 aliphatic rings. The summed E-state index contributed by atoms with van der Waals surface area (Å²) in [6, 6.07) is 13.4. The fourth-order valence-electron chi connectivity index (χ4n) is 3.98. The monoisotopic (exact) mass is 497 g/mol. The summed E-state index contributed by atoms with van der Waals surface area (Å²) in [5, 5.41) is 3.71. The van der Waals surface area contributed by atoms with E-state index in [9.17, 15) is 4.79 Å². The Hall–Kier alpha value is -2.90. The average molecular weight is 498 g/mol. The molecule has 0 saturated carbocycles. The number of rotatable bonds is 7. The van der Waals surface area contributed by atoms with E-state index in [1.54, 1.807) is 14.2 Å². The van der Waals surface area contributed by atoms with Crippen LogP contribution in [0.4, 0.5) is 5.82 Å². The van der Waals surface area contributed by atoms with Crippen LogP contribution in [-0.4, -0.2) is 49.7 Å². The van der Waals surface area contributed by atoms with Crippen molar-refractivity contribution in [2.75, 3.05) is 43.7 Å². The molecule has 1 fully saturated rings. The van der Waals surface area contributed by atoms with E-state index in [1.807, 2.05) is 67.3 Å². The van der Waals surface area contributed by atoms with Crippen LogP contribution in [0.5, 0.6) is 11.5 Å². The van der Waals surface area contributed by atoms with Crippen LogP contribution in [0.2, 0.25) is 5.02 Å². The first kappa shape index (κ1) is 24.2. The quantitative estimate of drug-likeness (QED) is 0.483. The van der Waals surface area contributed by atoms with Gasteiger partial charge in [0.2, 0.25) is 0 Å². The molecule has 2 heterocycles. The summed E-state index contributed by atoms with van der Waals surface area (Å²) in [6.45, 7) is 4.08. The molecular formula is C26H28ClN3O3S. The van der Waals surface area contributed by atoms with Gasteiger partial charge in [0.15, 0.2) is 11.5 Å². The fourth-order valence-corrected chi connectivity index (χ4v) is 5.17. The Balaban J connectivity index is 1.63. The second kappa shape index (κ2) is 11.0. The summed E-state index contributed by atoms with van der Waals surface area (Å²) < 4.78 is 10.7. The van der Waals surface area contributed by atoms with Crippen LogP contribution in [0.3, 0.4) is 0 Å². The van der Waals surface area contributed by atoms with Crippen LogP contribution in [-0.2, 0) is 6.54 Å². The highest BCUT2D eigenvalue weighted by atomic mass is 35.5. The predicted octanol–water partition coefficient (Wildman–Crippen LogP) is 5.21. The highest BCUT2D eigenvalue weighted by Gasteiger charge is 2.21. The van der Waals surface area contributed by atoms with E-state index in [2.05, 4.69) is 10.2 Å². The van der Waals surface area contributed by atoms with E-state index in [-0.39, 0.29) is 5.91 Å². The molecule has 0 bridgehead atoms. The lowest BCUT2D eigenvalue weighted by molar-refractivity contribution is 0.0951. The Morgan fingerprint density at radius 3 is 2.53 bits per heavy atom. The van der Waals surface area contributed by atoms with Crippen LogP contribution < -0.4 is 19.7 Å². The second-order valence-electron chi connectivity index (χ2n) is 8.08. The van der Waals surface area contributed by atoms with Crippen molar-refractivity contribution in [3.8, 4) is 22.6 Å². The number of hydrogen-bond acceptors (Lipinski definition) is 6. The van der Waals surface area contributed by atoms with Gasteiger partial charge >= 0.3 is 0 Å². The van der Waals surface area contributed by atoms with Crippen molar-refractivity contribution in [1.29, 1.82) is 0 Å². The number of nitrogens with zero attached hydrogens (tertiary/aromatic N) is 2. The van der Waals surface area contributed by atoms with Crippen molar-refractivity contribution in [2.24, 2.45) is 0 Å². The van der Waals surface area contributed by atoms with Crippen LogP contribution in [0.15, 0.2) is 48.7 Å². The van der Waals surface area contributed by atoms with Gasteiger partial charge in [0.1, 0.15) is 5.82 Å². The van der Waals surface area contributed by atoms with Crippen molar-refractivity contribution >= 4 is 35.1 Å². The van der Waals surface area contributed by atoms with Gasteiger partial charge in [-0.05, 0) is 53.9 Å². The minimum absolute atomic E-state index is 0.170. The molecule has 1 N–H and O–H groups in total. The van der Waals surface area contributed by atoms with Crippen molar-refractivity contribution in [1.82, 2.24) is 10.3 Å². The SMILES string of the molecule is COc1ccc(CNC(=O)c2cc(-c3cc(C)cc(Cl)c3)cnc2N2CCSCC2)cc1OC. The summed E-state index contributed by atoms with van der Waals surface area (Å²) >= 11 is 8.21. The van der Waals surface area contributed by atoms with Gasteiger partial charge in [-0.15, -0.1) is 0 Å². The number of carbonyl (C=O) groups excluding carboxylic acids is 1. The van der Waals surface area contributed by atoms with Gasteiger partial charge in [0.05, 0.1) is 19.8 Å². The van der Waals surface area contributed by atoms with Gasteiger partial charge in [-0.2, -0.15) is 11.8 Å². The Morgan fingerprint density at radius 1 is 1.06 bits per heavy atom. The van der Waals surface area contributed by atoms with Gasteiger partial charge in [0, 0.05) is 47.9 Å². The molecule has 0 aliphatic carbocycles. The lowest BCUT2D eigenvalue weighted by atomic mass is 10.0. The van der Waals surface area contributed by atoms with E-state index < -0.39 is 0 Å². The van der Waals surface area contributed by atoms with Crippen molar-refractivity contribution in [3.63, 3.8) is 0 Å². The van der Waals surface area contributed by atoms with Gasteiger partial charge in [-0.1, -0.05) is 23.7 Å². The third-order valence-electron chi connectivity index (χ3n) is 5.70. The molecule has 34 heavy (non-hydrogen) atoms. The molecule has 0 atom stereocenters. The zero-order valence-electron chi connectivity index (χ0n) is 19.6. The molecule has 6 nitrogen and oxygen atoms in total. The topological polar surface area (TPSA) is 63.7 Å². The molecule has 1 amide bonds. The van der Waals surface area contributed by atoms with Crippen LogP contribution >= 0.6 is 23.4 Å². The van der Waals surface area contributed by atoms with Gasteiger partial charge in [0.25, 0.3) is 5.91 Å². The summed E-state index contributed by atoms with van der Waals surface area (Å²) in [4.78, 5) is 20.3. The lowest BCUT2D eigenvalue weighted by Gasteiger charge is -2.29. The molecule has 1 aromatic heterocycles. The normalized spacial score (nSPS) is 13.5. The molecule has 4 rings (SSSR count). The number of aryl methyl sites for hydroxylation is 1. The first-order valence-corrected chi connectivity index (χ1v) is 12.6. The number of carbonyl (C=O) groups is 1. The molecule has 1 saturated heterocycles. The zero-order chi connectivity index (χ0) is 24.1. The number of amides is 1. The third-order valence-corrected chi connectivity index (χ3v) is 6.86. The summed E-state index contributed by atoms with van der Waals surface area (Å²) in [6.07, 6.45) is 1.83. The van der Waals surface area contributed by atoms with Crippen molar-refractivity contribution in [2.45, 2.75) is 13.5 Å². The minimum atomic E-state index is -0.170. The third kappa shape index (κ3) is 5.59. The van der Waals surface area contributed by atoms with E-state index in [0.29, 0.717) is 34.4 Å². The van der Waals surface area contributed by atoms with Gasteiger partial charge in [-0.3, -0.25) is 4.79 Å². The number of aromatic nitrogens is 1. The number of methoxy groups -OCH3 is 2. The minimum Gasteiger partial charge on any atom is -0.493 e. The maximum atomic E-state index is 13.4. The molecule has 2 aromatic carbocycles. The Labute approximate surface area is 209 Å². The molecule has 0 unspecified atom stereocenters. The number of anilines is 1. The number of halogens is 1. The van der Waals surface area contributed by atoms with E-state index in [1.165, 1.54) is 0 Å². The number of thioether (sulfide) groups is 1. The highest BCUT2D eigenvalue weighted by Crippen LogP contribution is 2.30. The van der Waals surface area contributed by atoms with Crippen molar-refractivity contribution < 1.29 is 14.3 Å². The van der Waals surface area contributed by atoms with Gasteiger partial charge < -0.3 is 19.7 Å². The smallest absolute Gasteiger partial charge is 0.255 e. The van der Waals surface area contributed by atoms with Crippen molar-refractivity contribution in [3.05, 3.63) is 70.4 Å². The Kier molecular flexibility index (Phi) is 7.85. The maximum absolute atomic E-state index is 13.4. The molecule has 3 aromatic rings.